The topological polar surface area (TPSA) is 109 Å². The summed E-state index contributed by atoms with van der Waals surface area (Å²) in [7, 11) is -3.74. The summed E-state index contributed by atoms with van der Waals surface area (Å²) < 4.78 is 24.3. The van der Waals surface area contributed by atoms with Crippen molar-refractivity contribution in [2.45, 2.75) is 31.1 Å². The Hall–Kier alpha value is -2.78. The predicted molar refractivity (Wildman–Crippen MR) is 113 cm³/mol. The zero-order valence-electron chi connectivity index (χ0n) is 16.8. The van der Waals surface area contributed by atoms with Crippen molar-refractivity contribution in [3.05, 3.63) is 36.0 Å². The molecule has 1 amide bonds. The first-order valence-electron chi connectivity index (χ1n) is 9.55. The van der Waals surface area contributed by atoms with Crippen LogP contribution in [0.5, 0.6) is 0 Å². The van der Waals surface area contributed by atoms with E-state index in [2.05, 4.69) is 23.7 Å². The molecule has 8 heteroatoms. The quantitative estimate of drug-likeness (QED) is 0.365. The van der Waals surface area contributed by atoms with Crippen LogP contribution in [-0.2, 0) is 21.2 Å². The van der Waals surface area contributed by atoms with Gasteiger partial charge in [0, 0.05) is 48.0 Å². The van der Waals surface area contributed by atoms with Gasteiger partial charge in [-0.05, 0) is 61.8 Å². The number of hydroxylamine groups is 1. The van der Waals surface area contributed by atoms with Crippen molar-refractivity contribution in [3.8, 4) is 23.7 Å². The fourth-order valence-corrected chi connectivity index (χ4v) is 4.10. The van der Waals surface area contributed by atoms with E-state index in [4.69, 9.17) is 10.3 Å². The second kappa shape index (κ2) is 8.53. The third-order valence-electron chi connectivity index (χ3n) is 5.69. The second-order valence-electron chi connectivity index (χ2n) is 7.78. The van der Waals surface area contributed by atoms with E-state index >= 15 is 0 Å². The van der Waals surface area contributed by atoms with Gasteiger partial charge in [-0.25, -0.2) is 13.9 Å². The van der Waals surface area contributed by atoms with Crippen LogP contribution in [0.3, 0.4) is 0 Å². The van der Waals surface area contributed by atoms with Crippen molar-refractivity contribution in [2.75, 3.05) is 12.9 Å². The van der Waals surface area contributed by atoms with Crippen molar-refractivity contribution in [1.29, 1.82) is 0 Å². The van der Waals surface area contributed by atoms with Crippen LogP contribution < -0.4 is 5.48 Å². The highest BCUT2D eigenvalue weighted by Crippen LogP contribution is 2.36. The number of sulfone groups is 1. The smallest absolute Gasteiger partial charge is 0.264 e. The summed E-state index contributed by atoms with van der Waals surface area (Å²) in [5, 5.41) is 18.9. The number of aliphatic hydroxyl groups is 1. The number of amides is 1. The maximum absolute atomic E-state index is 12.1. The number of aliphatic hydroxyl groups excluding tert-OH is 1. The maximum Gasteiger partial charge on any atom is 0.264 e. The summed E-state index contributed by atoms with van der Waals surface area (Å²) in [5.74, 6) is 11.3. The third kappa shape index (κ3) is 4.52. The van der Waals surface area contributed by atoms with Crippen LogP contribution in [0.25, 0.3) is 10.9 Å². The molecule has 3 atom stereocenters. The third-order valence-corrected chi connectivity index (χ3v) is 7.71. The van der Waals surface area contributed by atoms with Crippen LogP contribution >= 0.6 is 0 Å². The normalized spacial score (nSPS) is 19.7. The van der Waals surface area contributed by atoms with E-state index in [-0.39, 0.29) is 25.5 Å². The average molecular weight is 429 g/mol. The average Bonchev–Trinajstić information content (AvgIpc) is 3.37. The molecule has 0 spiro atoms. The lowest BCUT2D eigenvalue weighted by Gasteiger charge is -2.25. The van der Waals surface area contributed by atoms with Crippen molar-refractivity contribution in [2.24, 2.45) is 11.8 Å². The molecule has 1 fully saturated rings. The number of hydrogen-bond acceptors (Lipinski definition) is 5. The lowest BCUT2D eigenvalue weighted by molar-refractivity contribution is -0.131. The van der Waals surface area contributed by atoms with Crippen molar-refractivity contribution in [1.82, 2.24) is 10.0 Å². The summed E-state index contributed by atoms with van der Waals surface area (Å²) >= 11 is 0. The van der Waals surface area contributed by atoms with Crippen molar-refractivity contribution < 1.29 is 23.5 Å². The fraction of sp³-hybridized carbons (Fsp3) is 0.409. The number of aryl methyl sites for hydroxylation is 1. The largest absolute Gasteiger partial charge is 0.396 e. The molecular weight excluding hydrogens is 404 g/mol. The summed E-state index contributed by atoms with van der Waals surface area (Å²) in [5.41, 5.74) is 3.16. The van der Waals surface area contributed by atoms with Crippen LogP contribution in [0.4, 0.5) is 0 Å². The van der Waals surface area contributed by atoms with Gasteiger partial charge in [-0.1, -0.05) is 11.8 Å². The molecule has 0 aliphatic heterocycles. The minimum atomic E-state index is -3.74. The SMILES string of the molecule is CC(CCn1ccc2cc(C#CC#C[C@H]3C[C@@H]3CO)ccc21)(C(=O)NO)S(C)(=O)=O. The molecule has 2 aromatic rings. The molecule has 3 rings (SSSR count). The molecule has 0 radical (unpaired) electrons. The Morgan fingerprint density at radius 2 is 2.10 bits per heavy atom. The molecule has 1 aromatic carbocycles. The Morgan fingerprint density at radius 1 is 1.33 bits per heavy atom. The number of nitrogens with one attached hydrogen (secondary N) is 1. The Balaban J connectivity index is 1.74. The van der Waals surface area contributed by atoms with Crippen molar-refractivity contribution >= 4 is 26.6 Å². The zero-order valence-corrected chi connectivity index (χ0v) is 17.7. The van der Waals surface area contributed by atoms with Crippen LogP contribution in [-0.4, -0.2) is 46.8 Å². The number of carbonyl (C=O) groups excluding carboxylic acids is 1. The molecule has 1 aromatic heterocycles. The number of carbonyl (C=O) groups is 1. The van der Waals surface area contributed by atoms with E-state index in [0.29, 0.717) is 5.92 Å². The van der Waals surface area contributed by atoms with Crippen LogP contribution in [0.15, 0.2) is 30.5 Å². The Labute approximate surface area is 176 Å². The lowest BCUT2D eigenvalue weighted by Crippen LogP contribution is -2.49. The molecule has 1 aliphatic carbocycles. The Kier molecular flexibility index (Phi) is 6.23. The number of fused-ring (bicyclic) bond motifs is 1. The highest BCUT2D eigenvalue weighted by atomic mass is 32.2. The first-order valence-corrected chi connectivity index (χ1v) is 11.4. The first kappa shape index (κ1) is 21.9. The molecule has 7 nitrogen and oxygen atoms in total. The molecule has 1 heterocycles. The molecule has 1 saturated carbocycles. The van der Waals surface area contributed by atoms with Gasteiger partial charge in [0.1, 0.15) is 0 Å². The molecule has 0 bridgehead atoms. The fourth-order valence-electron chi connectivity index (χ4n) is 3.25. The standard InChI is InChI=1S/C22H24N2O5S/c1-22(21(26)23-27,30(2,28)29)10-12-24-11-9-18-13-16(7-8-20(18)24)5-3-4-6-17-14-19(17)15-25/h7-9,11,13,17,19,25,27H,10,12,14-15H2,1-2H3,(H,23,26)/t17-,19+,22?/m0/s1. The van der Waals surface area contributed by atoms with Gasteiger partial charge in [0.25, 0.3) is 5.91 Å². The molecule has 1 unspecified atom stereocenters. The summed E-state index contributed by atoms with van der Waals surface area (Å²) in [4.78, 5) is 12.0. The second-order valence-corrected chi connectivity index (χ2v) is 10.2. The van der Waals surface area contributed by atoms with Gasteiger partial charge >= 0.3 is 0 Å². The summed E-state index contributed by atoms with van der Waals surface area (Å²) in [6.07, 6.45) is 3.75. The lowest BCUT2D eigenvalue weighted by atomic mass is 10.1. The Bertz CT molecular complexity index is 1190. The molecule has 158 valence electrons. The van der Waals surface area contributed by atoms with Crippen LogP contribution in [0.1, 0.15) is 25.3 Å². The highest BCUT2D eigenvalue weighted by Gasteiger charge is 2.43. The van der Waals surface area contributed by atoms with Gasteiger partial charge in [0.2, 0.25) is 0 Å². The minimum absolute atomic E-state index is 0.00908. The Morgan fingerprint density at radius 3 is 2.73 bits per heavy atom. The summed E-state index contributed by atoms with van der Waals surface area (Å²) in [6.45, 7) is 1.76. The minimum Gasteiger partial charge on any atom is -0.396 e. The number of aromatic nitrogens is 1. The molecule has 30 heavy (non-hydrogen) atoms. The van der Waals surface area contributed by atoms with Gasteiger partial charge in [0.05, 0.1) is 0 Å². The van der Waals surface area contributed by atoms with E-state index in [1.165, 1.54) is 12.4 Å². The van der Waals surface area contributed by atoms with Gasteiger partial charge < -0.3 is 9.67 Å². The zero-order chi connectivity index (χ0) is 21.9. The number of nitrogens with zero attached hydrogens (tertiary/aromatic N) is 1. The number of hydrogen-bond donors (Lipinski definition) is 3. The monoisotopic (exact) mass is 428 g/mol. The molecule has 1 aliphatic rings. The maximum atomic E-state index is 12.1. The highest BCUT2D eigenvalue weighted by molar-refractivity contribution is 7.92. The van der Waals surface area contributed by atoms with E-state index in [1.807, 2.05) is 35.0 Å². The summed E-state index contributed by atoms with van der Waals surface area (Å²) in [6, 6.07) is 7.56. The van der Waals surface area contributed by atoms with E-state index in [0.717, 1.165) is 29.1 Å². The van der Waals surface area contributed by atoms with Crippen molar-refractivity contribution in [3.63, 3.8) is 0 Å². The van der Waals surface area contributed by atoms with Crippen LogP contribution in [0.2, 0.25) is 0 Å². The van der Waals surface area contributed by atoms with Gasteiger partial charge in [-0.15, -0.1) is 0 Å². The van der Waals surface area contributed by atoms with Gasteiger partial charge in [-0.3, -0.25) is 10.0 Å². The molecular formula is C22H24N2O5S. The number of rotatable bonds is 6. The van der Waals surface area contributed by atoms with E-state index in [1.54, 1.807) is 0 Å². The van der Waals surface area contributed by atoms with E-state index in [9.17, 15) is 13.2 Å². The number of benzene rings is 1. The molecule has 0 saturated heterocycles. The first-order chi connectivity index (χ1) is 14.2. The van der Waals surface area contributed by atoms with Gasteiger partial charge in [-0.2, -0.15) is 0 Å². The van der Waals surface area contributed by atoms with Crippen LogP contribution in [0, 0.1) is 35.5 Å². The van der Waals surface area contributed by atoms with Gasteiger partial charge in [0.15, 0.2) is 14.6 Å². The molecule has 3 N–H and O–H groups in total. The van der Waals surface area contributed by atoms with E-state index < -0.39 is 20.5 Å². The predicted octanol–water partition coefficient (Wildman–Crippen LogP) is 1.32.